The minimum absolute atomic E-state index is 0.0667. The number of thiazole rings is 1. The van der Waals surface area contributed by atoms with Crippen LogP contribution in [0.3, 0.4) is 0 Å². The first-order chi connectivity index (χ1) is 13.6. The van der Waals surface area contributed by atoms with Crippen LogP contribution in [-0.2, 0) is 16.0 Å². The molecule has 0 spiro atoms. The van der Waals surface area contributed by atoms with Crippen LogP contribution in [0.1, 0.15) is 21.9 Å². The summed E-state index contributed by atoms with van der Waals surface area (Å²) in [7, 11) is 0. The molecular weight excluding hydrogens is 376 g/mol. The smallest absolute Gasteiger partial charge is 0.407 e. The topological polar surface area (TPSA) is 88.5 Å². The van der Waals surface area contributed by atoms with Gasteiger partial charge in [0, 0.05) is 23.4 Å². The SMILES string of the molecule is O=C(N[C@@H](Cc1cncs1)C(=O)O)OCC1c2ccccc2-c2ccccc21. The molecule has 1 amide bonds. The number of aromatic nitrogens is 1. The van der Waals surface area contributed by atoms with Crippen molar-refractivity contribution in [3.63, 3.8) is 0 Å². The van der Waals surface area contributed by atoms with Crippen molar-refractivity contribution in [2.75, 3.05) is 6.61 Å². The zero-order chi connectivity index (χ0) is 19.5. The number of rotatable bonds is 6. The van der Waals surface area contributed by atoms with Gasteiger partial charge in [-0.3, -0.25) is 4.98 Å². The Bertz CT molecular complexity index is 958. The lowest BCUT2D eigenvalue weighted by atomic mass is 9.98. The second-order valence-corrected chi connectivity index (χ2v) is 7.50. The zero-order valence-corrected chi connectivity index (χ0v) is 15.7. The summed E-state index contributed by atoms with van der Waals surface area (Å²) in [6, 6.07) is 15.0. The Morgan fingerprint density at radius 2 is 1.75 bits per heavy atom. The summed E-state index contributed by atoms with van der Waals surface area (Å²) >= 11 is 1.35. The second-order valence-electron chi connectivity index (χ2n) is 6.53. The number of hydrogen-bond donors (Lipinski definition) is 2. The summed E-state index contributed by atoms with van der Waals surface area (Å²) in [5, 5.41) is 11.8. The number of aliphatic carboxylic acids is 1. The number of benzene rings is 2. The van der Waals surface area contributed by atoms with Crippen molar-refractivity contribution < 1.29 is 19.4 Å². The van der Waals surface area contributed by atoms with E-state index >= 15 is 0 Å². The Labute approximate surface area is 165 Å². The van der Waals surface area contributed by atoms with Crippen molar-refractivity contribution in [2.45, 2.75) is 18.4 Å². The van der Waals surface area contributed by atoms with Crippen LogP contribution >= 0.6 is 11.3 Å². The largest absolute Gasteiger partial charge is 0.480 e. The molecule has 4 rings (SSSR count). The third-order valence-electron chi connectivity index (χ3n) is 4.82. The average molecular weight is 394 g/mol. The van der Waals surface area contributed by atoms with Gasteiger partial charge in [0.2, 0.25) is 0 Å². The molecule has 1 heterocycles. The molecule has 1 atom stereocenters. The minimum atomic E-state index is -1.11. The first-order valence-corrected chi connectivity index (χ1v) is 9.73. The van der Waals surface area contributed by atoms with Gasteiger partial charge < -0.3 is 15.2 Å². The van der Waals surface area contributed by atoms with Crippen LogP contribution in [0.25, 0.3) is 11.1 Å². The van der Waals surface area contributed by atoms with E-state index < -0.39 is 18.1 Å². The lowest BCUT2D eigenvalue weighted by Crippen LogP contribution is -2.42. The average Bonchev–Trinajstić information content (AvgIpc) is 3.32. The normalized spacial score (nSPS) is 13.4. The number of amides is 1. The molecule has 3 aromatic rings. The highest BCUT2D eigenvalue weighted by atomic mass is 32.1. The number of carbonyl (C=O) groups excluding carboxylic acids is 1. The van der Waals surface area contributed by atoms with Crippen LogP contribution in [0.5, 0.6) is 0 Å². The van der Waals surface area contributed by atoms with Crippen molar-refractivity contribution in [1.29, 1.82) is 0 Å². The van der Waals surface area contributed by atoms with Crippen LogP contribution < -0.4 is 5.32 Å². The van der Waals surface area contributed by atoms with E-state index in [1.165, 1.54) is 11.3 Å². The third-order valence-corrected chi connectivity index (χ3v) is 5.62. The molecule has 1 aliphatic rings. The van der Waals surface area contributed by atoms with Gasteiger partial charge in [0.1, 0.15) is 12.6 Å². The van der Waals surface area contributed by atoms with Crippen LogP contribution in [0.15, 0.2) is 60.2 Å². The minimum Gasteiger partial charge on any atom is -0.480 e. The molecule has 0 bridgehead atoms. The number of carbonyl (C=O) groups is 2. The molecule has 0 unspecified atom stereocenters. The lowest BCUT2D eigenvalue weighted by Gasteiger charge is -2.17. The van der Waals surface area contributed by atoms with E-state index in [0.29, 0.717) is 0 Å². The van der Waals surface area contributed by atoms with E-state index in [-0.39, 0.29) is 18.9 Å². The Hall–Kier alpha value is -3.19. The van der Waals surface area contributed by atoms with E-state index in [0.717, 1.165) is 27.1 Å². The Morgan fingerprint density at radius 1 is 1.11 bits per heavy atom. The molecule has 2 N–H and O–H groups in total. The fraction of sp³-hybridized carbons (Fsp3) is 0.190. The number of hydrogen-bond acceptors (Lipinski definition) is 5. The first-order valence-electron chi connectivity index (χ1n) is 8.85. The Morgan fingerprint density at radius 3 is 2.32 bits per heavy atom. The summed E-state index contributed by atoms with van der Waals surface area (Å²) < 4.78 is 5.41. The predicted molar refractivity (Wildman–Crippen MR) is 105 cm³/mol. The lowest BCUT2D eigenvalue weighted by molar-refractivity contribution is -0.139. The van der Waals surface area contributed by atoms with E-state index in [4.69, 9.17) is 4.74 Å². The second kappa shape index (κ2) is 7.82. The molecule has 6 nitrogen and oxygen atoms in total. The van der Waals surface area contributed by atoms with Crippen molar-refractivity contribution in [2.24, 2.45) is 0 Å². The van der Waals surface area contributed by atoms with E-state index in [1.807, 2.05) is 36.4 Å². The van der Waals surface area contributed by atoms with Gasteiger partial charge >= 0.3 is 12.1 Å². The summed E-state index contributed by atoms with van der Waals surface area (Å²) in [5.41, 5.74) is 6.12. The zero-order valence-electron chi connectivity index (χ0n) is 14.9. The highest BCUT2D eigenvalue weighted by Crippen LogP contribution is 2.44. The van der Waals surface area contributed by atoms with Gasteiger partial charge in [-0.2, -0.15) is 0 Å². The predicted octanol–water partition coefficient (Wildman–Crippen LogP) is 3.68. The maximum absolute atomic E-state index is 12.3. The van der Waals surface area contributed by atoms with Crippen molar-refractivity contribution in [3.05, 3.63) is 76.2 Å². The number of ether oxygens (including phenoxy) is 1. The van der Waals surface area contributed by atoms with Gasteiger partial charge in [-0.25, -0.2) is 9.59 Å². The summed E-state index contributed by atoms with van der Waals surface area (Å²) in [6.07, 6.45) is 1.03. The molecule has 1 aromatic heterocycles. The highest BCUT2D eigenvalue weighted by Gasteiger charge is 2.29. The quantitative estimate of drug-likeness (QED) is 0.666. The number of nitrogens with one attached hydrogen (secondary N) is 1. The van der Waals surface area contributed by atoms with Crippen LogP contribution in [0.4, 0.5) is 4.79 Å². The van der Waals surface area contributed by atoms with Crippen molar-refractivity contribution >= 4 is 23.4 Å². The van der Waals surface area contributed by atoms with Gasteiger partial charge in [0.25, 0.3) is 0 Å². The number of carboxylic acid groups (broad SMARTS) is 1. The van der Waals surface area contributed by atoms with E-state index in [9.17, 15) is 14.7 Å². The molecule has 7 heteroatoms. The molecule has 142 valence electrons. The molecule has 0 saturated carbocycles. The number of alkyl carbamates (subject to hydrolysis) is 1. The van der Waals surface area contributed by atoms with Gasteiger partial charge in [0.15, 0.2) is 0 Å². The van der Waals surface area contributed by atoms with Crippen LogP contribution in [-0.4, -0.2) is 34.8 Å². The standard InChI is InChI=1S/C21H18N2O4S/c24-20(25)19(9-13-10-22-12-28-13)23-21(26)27-11-18-16-7-3-1-5-14(16)15-6-2-4-8-17(15)18/h1-8,10,12,18-19H,9,11H2,(H,23,26)(H,24,25)/t19-/m0/s1. The molecule has 28 heavy (non-hydrogen) atoms. The number of fused-ring (bicyclic) bond motifs is 3. The van der Waals surface area contributed by atoms with E-state index in [1.54, 1.807) is 11.7 Å². The Balaban J connectivity index is 1.44. The first kappa shape index (κ1) is 18.2. The van der Waals surface area contributed by atoms with E-state index in [2.05, 4.69) is 22.4 Å². The molecule has 0 aliphatic heterocycles. The summed E-state index contributed by atoms with van der Waals surface area (Å²) in [4.78, 5) is 28.4. The number of carboxylic acids is 1. The highest BCUT2D eigenvalue weighted by molar-refractivity contribution is 7.09. The molecular formula is C21H18N2O4S. The fourth-order valence-electron chi connectivity index (χ4n) is 3.53. The maximum atomic E-state index is 12.3. The van der Waals surface area contributed by atoms with Crippen molar-refractivity contribution in [1.82, 2.24) is 10.3 Å². The number of nitrogens with zero attached hydrogens (tertiary/aromatic N) is 1. The van der Waals surface area contributed by atoms with Gasteiger partial charge in [0.05, 0.1) is 5.51 Å². The fourth-order valence-corrected chi connectivity index (χ4v) is 4.17. The Kier molecular flexibility index (Phi) is 5.08. The molecule has 0 saturated heterocycles. The van der Waals surface area contributed by atoms with Crippen LogP contribution in [0.2, 0.25) is 0 Å². The molecule has 0 radical (unpaired) electrons. The summed E-state index contributed by atoms with van der Waals surface area (Å²) in [6.45, 7) is 0.146. The van der Waals surface area contributed by atoms with Gasteiger partial charge in [-0.1, -0.05) is 48.5 Å². The van der Waals surface area contributed by atoms with Gasteiger partial charge in [-0.05, 0) is 22.3 Å². The molecule has 1 aliphatic carbocycles. The monoisotopic (exact) mass is 394 g/mol. The van der Waals surface area contributed by atoms with Crippen molar-refractivity contribution in [3.8, 4) is 11.1 Å². The van der Waals surface area contributed by atoms with Crippen LogP contribution in [0, 0.1) is 0 Å². The third kappa shape index (κ3) is 3.61. The summed E-state index contributed by atoms with van der Waals surface area (Å²) in [5.74, 6) is -1.18. The van der Waals surface area contributed by atoms with Gasteiger partial charge in [-0.15, -0.1) is 11.3 Å². The molecule has 2 aromatic carbocycles. The molecule has 0 fully saturated rings. The maximum Gasteiger partial charge on any atom is 0.407 e.